The van der Waals surface area contributed by atoms with Gasteiger partial charge in [0.05, 0.1) is 6.54 Å². The molecule has 2 aromatic rings. The topological polar surface area (TPSA) is 29.5 Å². The zero-order chi connectivity index (χ0) is 16.2. The van der Waals surface area contributed by atoms with Crippen molar-refractivity contribution in [3.05, 3.63) is 51.7 Å². The van der Waals surface area contributed by atoms with Gasteiger partial charge in [0.1, 0.15) is 5.75 Å². The van der Waals surface area contributed by atoms with Crippen molar-refractivity contribution in [2.75, 3.05) is 6.54 Å². The molecule has 2 rings (SSSR count). The summed E-state index contributed by atoms with van der Waals surface area (Å²) in [5.74, 6) is 0.605. The summed E-state index contributed by atoms with van der Waals surface area (Å²) in [4.78, 5) is 15.7. The van der Waals surface area contributed by atoms with Crippen LogP contribution in [0.4, 0.5) is 0 Å². The third kappa shape index (κ3) is 4.24. The first-order chi connectivity index (χ1) is 10.4. The maximum absolute atomic E-state index is 12.8. The average molecular weight is 338 g/mol. The fourth-order valence-electron chi connectivity index (χ4n) is 2.14. The predicted octanol–water partition coefficient (Wildman–Crippen LogP) is 4.61. The Morgan fingerprint density at radius 3 is 2.50 bits per heavy atom. The second-order valence-corrected chi connectivity index (χ2v) is 6.93. The number of amides is 1. The van der Waals surface area contributed by atoms with Gasteiger partial charge in [0.15, 0.2) is 5.60 Å². The number of benzene rings is 1. The highest BCUT2D eigenvalue weighted by Gasteiger charge is 2.33. The third-order valence-electron chi connectivity index (χ3n) is 3.30. The zero-order valence-corrected chi connectivity index (χ0v) is 14.6. The van der Waals surface area contributed by atoms with Gasteiger partial charge in [-0.1, -0.05) is 17.7 Å². The van der Waals surface area contributed by atoms with Crippen LogP contribution in [0.5, 0.6) is 5.75 Å². The van der Waals surface area contributed by atoms with Crippen LogP contribution in [0.2, 0.25) is 5.02 Å². The van der Waals surface area contributed by atoms with E-state index in [0.29, 0.717) is 23.9 Å². The van der Waals surface area contributed by atoms with Crippen molar-refractivity contribution >= 4 is 28.8 Å². The van der Waals surface area contributed by atoms with Crippen LogP contribution in [-0.4, -0.2) is 23.0 Å². The Bertz CT molecular complexity index is 608. The second-order valence-electron chi connectivity index (χ2n) is 5.46. The van der Waals surface area contributed by atoms with Crippen LogP contribution in [0.3, 0.4) is 0 Å². The Labute approximate surface area is 140 Å². The summed E-state index contributed by atoms with van der Waals surface area (Å²) in [5, 5.41) is 2.66. The smallest absolute Gasteiger partial charge is 0.266 e. The summed E-state index contributed by atoms with van der Waals surface area (Å²) in [5.41, 5.74) is -0.929. The van der Waals surface area contributed by atoms with Gasteiger partial charge >= 0.3 is 0 Å². The van der Waals surface area contributed by atoms with E-state index in [-0.39, 0.29) is 5.91 Å². The number of hydrogen-bond acceptors (Lipinski definition) is 3. The standard InChI is InChI=1S/C17H20ClNO2S/c1-4-19(12-15-6-5-11-22-15)16(20)17(2,3)21-14-9-7-13(18)8-10-14/h5-11H,4,12H2,1-3H3. The van der Waals surface area contributed by atoms with Crippen molar-refractivity contribution in [2.45, 2.75) is 32.9 Å². The molecule has 0 N–H and O–H groups in total. The van der Waals surface area contributed by atoms with E-state index < -0.39 is 5.60 Å². The molecule has 118 valence electrons. The van der Waals surface area contributed by atoms with Crippen LogP contribution in [0.1, 0.15) is 25.6 Å². The Morgan fingerprint density at radius 2 is 1.95 bits per heavy atom. The second kappa shape index (κ2) is 7.16. The molecule has 5 heteroatoms. The molecule has 3 nitrogen and oxygen atoms in total. The van der Waals surface area contributed by atoms with Crippen molar-refractivity contribution in [1.82, 2.24) is 4.90 Å². The van der Waals surface area contributed by atoms with Crippen LogP contribution in [0.15, 0.2) is 41.8 Å². The molecular weight excluding hydrogens is 318 g/mol. The first-order valence-electron chi connectivity index (χ1n) is 7.18. The fourth-order valence-corrected chi connectivity index (χ4v) is 2.98. The lowest BCUT2D eigenvalue weighted by molar-refractivity contribution is -0.145. The maximum Gasteiger partial charge on any atom is 0.266 e. The summed E-state index contributed by atoms with van der Waals surface area (Å²) < 4.78 is 5.87. The molecule has 22 heavy (non-hydrogen) atoms. The van der Waals surface area contributed by atoms with Crippen molar-refractivity contribution in [1.29, 1.82) is 0 Å². The predicted molar refractivity (Wildman–Crippen MR) is 91.6 cm³/mol. The molecule has 0 saturated heterocycles. The number of ether oxygens (including phenoxy) is 1. The summed E-state index contributed by atoms with van der Waals surface area (Å²) in [6.45, 7) is 6.82. The Morgan fingerprint density at radius 1 is 1.27 bits per heavy atom. The van der Waals surface area contributed by atoms with Gasteiger partial charge in [0.25, 0.3) is 5.91 Å². The van der Waals surface area contributed by atoms with Gasteiger partial charge in [-0.25, -0.2) is 0 Å². The van der Waals surface area contributed by atoms with E-state index in [0.717, 1.165) is 4.88 Å². The van der Waals surface area contributed by atoms with Gasteiger partial charge in [0, 0.05) is 16.4 Å². The minimum atomic E-state index is -0.929. The lowest BCUT2D eigenvalue weighted by Crippen LogP contribution is -2.48. The van der Waals surface area contributed by atoms with E-state index in [1.807, 2.05) is 29.3 Å². The molecule has 0 bridgehead atoms. The van der Waals surface area contributed by atoms with Gasteiger partial charge < -0.3 is 9.64 Å². The van der Waals surface area contributed by atoms with Crippen LogP contribution in [0.25, 0.3) is 0 Å². The Hall–Kier alpha value is -1.52. The molecule has 0 aliphatic carbocycles. The third-order valence-corrected chi connectivity index (χ3v) is 4.41. The van der Waals surface area contributed by atoms with Gasteiger partial charge in [-0.2, -0.15) is 0 Å². The van der Waals surface area contributed by atoms with E-state index in [2.05, 4.69) is 0 Å². The number of nitrogens with zero attached hydrogens (tertiary/aromatic N) is 1. The highest BCUT2D eigenvalue weighted by atomic mass is 35.5. The minimum absolute atomic E-state index is 0.0293. The molecule has 1 heterocycles. The lowest BCUT2D eigenvalue weighted by atomic mass is 10.1. The number of carbonyl (C=O) groups is 1. The number of thiophene rings is 1. The molecule has 0 radical (unpaired) electrons. The summed E-state index contributed by atoms with van der Waals surface area (Å²) in [6.07, 6.45) is 0. The zero-order valence-electron chi connectivity index (χ0n) is 13.0. The average Bonchev–Trinajstić information content (AvgIpc) is 2.99. The van der Waals surface area contributed by atoms with Crippen molar-refractivity contribution in [2.24, 2.45) is 0 Å². The molecule has 1 amide bonds. The minimum Gasteiger partial charge on any atom is -0.478 e. The number of carbonyl (C=O) groups excluding carboxylic acids is 1. The largest absolute Gasteiger partial charge is 0.478 e. The van der Waals surface area contributed by atoms with Crippen LogP contribution < -0.4 is 4.74 Å². The molecule has 0 atom stereocenters. The van der Waals surface area contributed by atoms with E-state index in [1.165, 1.54) is 0 Å². The number of hydrogen-bond donors (Lipinski definition) is 0. The number of rotatable bonds is 6. The van der Waals surface area contributed by atoms with Gasteiger partial charge in [-0.3, -0.25) is 4.79 Å². The van der Waals surface area contributed by atoms with Gasteiger partial charge in [-0.15, -0.1) is 11.3 Å². The van der Waals surface area contributed by atoms with Crippen molar-refractivity contribution < 1.29 is 9.53 Å². The van der Waals surface area contributed by atoms with Crippen molar-refractivity contribution in [3.63, 3.8) is 0 Å². The fraction of sp³-hybridized carbons (Fsp3) is 0.353. The maximum atomic E-state index is 12.8. The first-order valence-corrected chi connectivity index (χ1v) is 8.44. The normalized spacial score (nSPS) is 11.3. The molecule has 0 spiro atoms. The van der Waals surface area contributed by atoms with Crippen molar-refractivity contribution in [3.8, 4) is 5.75 Å². The Balaban J connectivity index is 2.08. The molecule has 0 aliphatic heterocycles. The van der Waals surface area contributed by atoms with E-state index in [1.54, 1.807) is 49.4 Å². The van der Waals surface area contributed by atoms with Gasteiger partial charge in [0.2, 0.25) is 0 Å². The number of likely N-dealkylation sites (N-methyl/N-ethyl adjacent to an activating group) is 1. The molecule has 0 saturated carbocycles. The highest BCUT2D eigenvalue weighted by Crippen LogP contribution is 2.23. The summed E-state index contributed by atoms with van der Waals surface area (Å²) >= 11 is 7.52. The molecule has 0 fully saturated rings. The van der Waals surface area contributed by atoms with E-state index in [9.17, 15) is 4.79 Å². The monoisotopic (exact) mass is 337 g/mol. The van der Waals surface area contributed by atoms with Crippen LogP contribution in [-0.2, 0) is 11.3 Å². The van der Waals surface area contributed by atoms with E-state index >= 15 is 0 Å². The van der Waals surface area contributed by atoms with E-state index in [4.69, 9.17) is 16.3 Å². The highest BCUT2D eigenvalue weighted by molar-refractivity contribution is 7.09. The SMILES string of the molecule is CCN(Cc1cccs1)C(=O)C(C)(C)Oc1ccc(Cl)cc1. The molecule has 1 aromatic heterocycles. The Kier molecular flexibility index (Phi) is 5.48. The van der Waals surface area contributed by atoms with Gasteiger partial charge in [-0.05, 0) is 56.5 Å². The molecule has 0 aliphatic rings. The quantitative estimate of drug-likeness (QED) is 0.770. The molecule has 1 aromatic carbocycles. The van der Waals surface area contributed by atoms with Crippen LogP contribution in [0, 0.1) is 0 Å². The first kappa shape index (κ1) is 16.8. The summed E-state index contributed by atoms with van der Waals surface area (Å²) in [7, 11) is 0. The molecular formula is C17H20ClNO2S. The number of halogens is 1. The summed E-state index contributed by atoms with van der Waals surface area (Å²) in [6, 6.07) is 11.1. The van der Waals surface area contributed by atoms with Crippen LogP contribution >= 0.6 is 22.9 Å². The molecule has 0 unspecified atom stereocenters. The lowest BCUT2D eigenvalue weighted by Gasteiger charge is -2.31.